The third-order valence-corrected chi connectivity index (χ3v) is 5.13. The van der Waals surface area contributed by atoms with Crippen LogP contribution in [0.15, 0.2) is 54.1 Å². The van der Waals surface area contributed by atoms with E-state index in [0.717, 1.165) is 5.56 Å². The number of methoxy groups -OCH3 is 1. The summed E-state index contributed by atoms with van der Waals surface area (Å²) in [6.07, 6.45) is 0.693. The molecule has 0 radical (unpaired) electrons. The Labute approximate surface area is 183 Å². The van der Waals surface area contributed by atoms with E-state index < -0.39 is 17.7 Å². The van der Waals surface area contributed by atoms with Gasteiger partial charge in [-0.25, -0.2) is 0 Å². The highest BCUT2D eigenvalue weighted by Gasteiger charge is 2.45. The molecule has 1 saturated heterocycles. The highest BCUT2D eigenvalue weighted by molar-refractivity contribution is 6.46. The summed E-state index contributed by atoms with van der Waals surface area (Å²) in [6, 6.07) is 13.5. The van der Waals surface area contributed by atoms with Gasteiger partial charge >= 0.3 is 0 Å². The number of benzene rings is 2. The molecule has 1 N–H and O–H groups in total. The smallest absolute Gasteiger partial charge is 0.295 e. The second-order valence-electron chi connectivity index (χ2n) is 8.00. The molecule has 164 valence electrons. The van der Waals surface area contributed by atoms with E-state index in [-0.39, 0.29) is 11.3 Å². The summed E-state index contributed by atoms with van der Waals surface area (Å²) in [5.74, 6) is 0.142. The van der Waals surface area contributed by atoms with E-state index in [0.29, 0.717) is 42.6 Å². The van der Waals surface area contributed by atoms with Crippen LogP contribution in [0, 0.1) is 5.92 Å². The van der Waals surface area contributed by atoms with Gasteiger partial charge in [0.1, 0.15) is 17.3 Å². The molecule has 1 amide bonds. The van der Waals surface area contributed by atoms with Gasteiger partial charge in [-0.15, -0.1) is 0 Å². The molecule has 1 fully saturated rings. The Morgan fingerprint density at radius 3 is 2.42 bits per heavy atom. The molecule has 0 spiro atoms. The summed E-state index contributed by atoms with van der Waals surface area (Å²) in [4.78, 5) is 27.2. The minimum absolute atomic E-state index is 0.0876. The number of carbonyl (C=O) groups excluding carboxylic acids is 2. The van der Waals surface area contributed by atoms with Crippen molar-refractivity contribution in [3.05, 3.63) is 65.2 Å². The summed E-state index contributed by atoms with van der Waals surface area (Å²) >= 11 is 0. The van der Waals surface area contributed by atoms with Crippen LogP contribution < -0.4 is 9.47 Å². The fourth-order valence-electron chi connectivity index (χ4n) is 3.64. The molecule has 1 aliphatic rings. The maximum atomic E-state index is 12.9. The van der Waals surface area contributed by atoms with Gasteiger partial charge in [-0.3, -0.25) is 9.59 Å². The molecule has 0 aromatic heterocycles. The Hall–Kier alpha value is -3.28. The van der Waals surface area contributed by atoms with Gasteiger partial charge in [0.15, 0.2) is 0 Å². The molecule has 6 nitrogen and oxygen atoms in total. The zero-order chi connectivity index (χ0) is 22.5. The minimum Gasteiger partial charge on any atom is -0.507 e. The largest absolute Gasteiger partial charge is 0.507 e. The molecule has 0 aliphatic carbocycles. The fraction of sp³-hybridized carbons (Fsp3) is 0.360. The fourth-order valence-corrected chi connectivity index (χ4v) is 3.64. The predicted molar refractivity (Wildman–Crippen MR) is 119 cm³/mol. The molecule has 3 rings (SSSR count). The molecule has 0 saturated carbocycles. The van der Waals surface area contributed by atoms with Gasteiger partial charge in [-0.1, -0.05) is 45.0 Å². The summed E-state index contributed by atoms with van der Waals surface area (Å²) in [5.41, 5.74) is 1.26. The lowest BCUT2D eigenvalue weighted by atomic mass is 9.95. The van der Waals surface area contributed by atoms with Crippen molar-refractivity contribution in [3.63, 3.8) is 0 Å². The number of nitrogens with zero attached hydrogens (tertiary/aromatic N) is 1. The average molecular weight is 424 g/mol. The lowest BCUT2D eigenvalue weighted by Gasteiger charge is -2.25. The third kappa shape index (κ3) is 4.74. The Morgan fingerprint density at radius 1 is 1.10 bits per heavy atom. The van der Waals surface area contributed by atoms with Gasteiger partial charge in [0.2, 0.25) is 0 Å². The second-order valence-corrected chi connectivity index (χ2v) is 8.00. The van der Waals surface area contributed by atoms with Gasteiger partial charge in [0, 0.05) is 12.1 Å². The first-order valence-corrected chi connectivity index (χ1v) is 10.5. The van der Waals surface area contributed by atoms with Crippen LogP contribution in [0.5, 0.6) is 11.5 Å². The van der Waals surface area contributed by atoms with Crippen molar-refractivity contribution in [1.82, 2.24) is 4.90 Å². The Bertz CT molecular complexity index is 978. The van der Waals surface area contributed by atoms with Crippen LogP contribution in [-0.2, 0) is 9.59 Å². The topological polar surface area (TPSA) is 76.1 Å². The summed E-state index contributed by atoms with van der Waals surface area (Å²) in [7, 11) is 1.58. The van der Waals surface area contributed by atoms with Crippen LogP contribution >= 0.6 is 0 Å². The van der Waals surface area contributed by atoms with Gasteiger partial charge < -0.3 is 19.5 Å². The zero-order valence-corrected chi connectivity index (χ0v) is 18.4. The molecule has 0 bridgehead atoms. The number of Topliss-reactive ketones (excluding diaryl/α,β-unsaturated/α-hetero) is 1. The van der Waals surface area contributed by atoms with Crippen LogP contribution in [0.1, 0.15) is 44.4 Å². The third-order valence-electron chi connectivity index (χ3n) is 5.13. The van der Waals surface area contributed by atoms with Crippen molar-refractivity contribution < 1.29 is 24.2 Å². The minimum atomic E-state index is -0.680. The summed E-state index contributed by atoms with van der Waals surface area (Å²) < 4.78 is 11.0. The summed E-state index contributed by atoms with van der Waals surface area (Å²) in [5, 5.41) is 11.1. The number of ether oxygens (including phenoxy) is 2. The number of carbonyl (C=O) groups is 2. The zero-order valence-electron chi connectivity index (χ0n) is 18.4. The van der Waals surface area contributed by atoms with E-state index in [2.05, 4.69) is 0 Å². The highest BCUT2D eigenvalue weighted by Crippen LogP contribution is 2.40. The molecule has 1 heterocycles. The van der Waals surface area contributed by atoms with Crippen LogP contribution in [0.2, 0.25) is 0 Å². The van der Waals surface area contributed by atoms with E-state index in [9.17, 15) is 14.7 Å². The maximum Gasteiger partial charge on any atom is 0.295 e. The van der Waals surface area contributed by atoms with Gasteiger partial charge in [0.05, 0.1) is 25.3 Å². The van der Waals surface area contributed by atoms with Gasteiger partial charge in [-0.2, -0.15) is 0 Å². The first kappa shape index (κ1) is 22.4. The van der Waals surface area contributed by atoms with Crippen molar-refractivity contribution in [2.45, 2.75) is 33.2 Å². The molecular weight excluding hydrogens is 394 g/mol. The van der Waals surface area contributed by atoms with Crippen molar-refractivity contribution in [2.75, 3.05) is 20.3 Å². The summed E-state index contributed by atoms with van der Waals surface area (Å²) in [6.45, 7) is 6.99. The number of aliphatic hydroxyl groups is 1. The number of aliphatic hydroxyl groups excluding tert-OH is 1. The lowest BCUT2D eigenvalue weighted by molar-refractivity contribution is -0.139. The normalized spacial score (nSPS) is 18.0. The molecule has 2 aromatic rings. The standard InChI is InChI=1S/C25H29NO5/c1-5-13-26-22(17-9-11-19(30-4)12-10-17)21(24(28)25(26)29)23(27)18-7-6-8-20(14-18)31-15-16(2)3/h6-12,14,16,22,27H,5,13,15H2,1-4H3/b23-21-. The molecule has 1 unspecified atom stereocenters. The molecule has 31 heavy (non-hydrogen) atoms. The van der Waals surface area contributed by atoms with E-state index in [1.54, 1.807) is 43.5 Å². The molecule has 2 aromatic carbocycles. The van der Waals surface area contributed by atoms with Crippen LogP contribution in [-0.4, -0.2) is 42.0 Å². The van der Waals surface area contributed by atoms with Crippen molar-refractivity contribution in [3.8, 4) is 11.5 Å². The molecule has 6 heteroatoms. The van der Waals surface area contributed by atoms with Crippen LogP contribution in [0.4, 0.5) is 0 Å². The van der Waals surface area contributed by atoms with E-state index in [1.807, 2.05) is 32.9 Å². The Balaban J connectivity index is 2.08. The quantitative estimate of drug-likeness (QED) is 0.383. The maximum absolute atomic E-state index is 12.9. The highest BCUT2D eigenvalue weighted by atomic mass is 16.5. The molecule has 1 atom stereocenters. The first-order chi connectivity index (χ1) is 14.9. The lowest BCUT2D eigenvalue weighted by Crippen LogP contribution is -2.30. The number of rotatable bonds is 8. The van der Waals surface area contributed by atoms with Gasteiger partial charge in [-0.05, 0) is 42.2 Å². The van der Waals surface area contributed by atoms with Gasteiger partial charge in [0.25, 0.3) is 11.7 Å². The molecular formula is C25H29NO5. The number of ketones is 1. The van der Waals surface area contributed by atoms with Crippen molar-refractivity contribution in [2.24, 2.45) is 5.92 Å². The molecule has 1 aliphatic heterocycles. The van der Waals surface area contributed by atoms with E-state index in [1.165, 1.54) is 4.90 Å². The van der Waals surface area contributed by atoms with Crippen molar-refractivity contribution >= 4 is 17.4 Å². The number of hydrogen-bond donors (Lipinski definition) is 1. The Morgan fingerprint density at radius 2 is 1.81 bits per heavy atom. The number of amides is 1. The van der Waals surface area contributed by atoms with Crippen LogP contribution in [0.25, 0.3) is 5.76 Å². The first-order valence-electron chi connectivity index (χ1n) is 10.5. The van der Waals surface area contributed by atoms with Crippen molar-refractivity contribution in [1.29, 1.82) is 0 Å². The van der Waals surface area contributed by atoms with E-state index in [4.69, 9.17) is 9.47 Å². The van der Waals surface area contributed by atoms with E-state index >= 15 is 0 Å². The SMILES string of the molecule is CCCN1C(=O)C(=O)/C(=C(\O)c2cccc(OCC(C)C)c2)C1c1ccc(OC)cc1. The Kier molecular flexibility index (Phi) is 7.00. The van der Waals surface area contributed by atoms with Crippen LogP contribution in [0.3, 0.4) is 0 Å². The second kappa shape index (κ2) is 9.69. The average Bonchev–Trinajstić information content (AvgIpc) is 3.02. The number of hydrogen-bond acceptors (Lipinski definition) is 5. The monoisotopic (exact) mass is 423 g/mol. The number of likely N-dealkylation sites (tertiary alicyclic amines) is 1. The predicted octanol–water partition coefficient (Wildman–Crippen LogP) is 4.56.